The summed E-state index contributed by atoms with van der Waals surface area (Å²) in [5.74, 6) is 0.800. The highest BCUT2D eigenvalue weighted by molar-refractivity contribution is 7.07. The monoisotopic (exact) mass is 267 g/mol. The second-order valence-corrected chi connectivity index (χ2v) is 4.50. The van der Waals surface area contributed by atoms with Crippen molar-refractivity contribution in [3.63, 3.8) is 0 Å². The fourth-order valence-electron chi connectivity index (χ4n) is 1.46. The molecule has 0 atom stereocenters. The Bertz CT molecular complexity index is 530. The number of nitrogens with zero attached hydrogens (tertiary/aromatic N) is 2. The van der Waals surface area contributed by atoms with Crippen molar-refractivity contribution in [2.75, 3.05) is 0 Å². The molecule has 0 spiro atoms. The first kappa shape index (κ1) is 12.9. The average Bonchev–Trinajstić information content (AvgIpc) is 2.77. The maximum atomic E-state index is 13.5. The van der Waals surface area contributed by atoms with Gasteiger partial charge in [-0.15, -0.1) is 0 Å². The third kappa shape index (κ3) is 3.02. The van der Waals surface area contributed by atoms with E-state index in [4.69, 9.17) is 10.5 Å². The highest BCUT2D eigenvalue weighted by atomic mass is 32.1. The SMILES string of the molecule is CCCc1nsc(Oc2ccc(CN)c(F)c2)n1. The molecule has 2 aromatic rings. The molecule has 2 N–H and O–H groups in total. The van der Waals surface area contributed by atoms with E-state index < -0.39 is 0 Å². The van der Waals surface area contributed by atoms with E-state index in [-0.39, 0.29) is 12.4 Å². The van der Waals surface area contributed by atoms with Crippen LogP contribution in [0.4, 0.5) is 4.39 Å². The predicted molar refractivity (Wildman–Crippen MR) is 68.3 cm³/mol. The molecule has 0 aliphatic rings. The lowest BCUT2D eigenvalue weighted by molar-refractivity contribution is 0.470. The van der Waals surface area contributed by atoms with Crippen molar-refractivity contribution in [1.82, 2.24) is 9.36 Å². The molecule has 1 aromatic heterocycles. The number of hydrogen-bond donors (Lipinski definition) is 1. The fourth-order valence-corrected chi connectivity index (χ4v) is 2.06. The van der Waals surface area contributed by atoms with Crippen molar-refractivity contribution < 1.29 is 9.13 Å². The number of ether oxygens (including phenoxy) is 1. The molecule has 2 rings (SSSR count). The number of aryl methyl sites for hydroxylation is 1. The topological polar surface area (TPSA) is 61.0 Å². The van der Waals surface area contributed by atoms with Crippen LogP contribution in [0.3, 0.4) is 0 Å². The molecule has 6 heteroatoms. The third-order valence-corrected chi connectivity index (χ3v) is 3.01. The van der Waals surface area contributed by atoms with Crippen LogP contribution in [0.5, 0.6) is 10.9 Å². The molecule has 0 aliphatic heterocycles. The fraction of sp³-hybridized carbons (Fsp3) is 0.333. The first-order valence-electron chi connectivity index (χ1n) is 5.72. The summed E-state index contributed by atoms with van der Waals surface area (Å²) >= 11 is 1.17. The number of hydrogen-bond acceptors (Lipinski definition) is 5. The molecule has 0 fully saturated rings. The summed E-state index contributed by atoms with van der Waals surface area (Å²) < 4.78 is 23.1. The molecule has 0 bridgehead atoms. The van der Waals surface area contributed by atoms with Crippen molar-refractivity contribution in [2.24, 2.45) is 5.73 Å². The van der Waals surface area contributed by atoms with Crippen LogP contribution in [0.1, 0.15) is 24.7 Å². The van der Waals surface area contributed by atoms with Crippen LogP contribution in [0, 0.1) is 5.82 Å². The van der Waals surface area contributed by atoms with Gasteiger partial charge in [-0.05, 0) is 12.5 Å². The molecule has 0 unspecified atom stereocenters. The zero-order valence-corrected chi connectivity index (χ0v) is 10.8. The van der Waals surface area contributed by atoms with Gasteiger partial charge in [-0.2, -0.15) is 9.36 Å². The highest BCUT2D eigenvalue weighted by Crippen LogP contribution is 2.25. The molecular formula is C12H14FN3OS. The summed E-state index contributed by atoms with van der Waals surface area (Å²) in [6.45, 7) is 2.23. The van der Waals surface area contributed by atoms with Crippen molar-refractivity contribution in [3.05, 3.63) is 35.4 Å². The van der Waals surface area contributed by atoms with Gasteiger partial charge in [-0.3, -0.25) is 0 Å². The summed E-state index contributed by atoms with van der Waals surface area (Å²) in [4.78, 5) is 4.21. The molecule has 4 nitrogen and oxygen atoms in total. The largest absolute Gasteiger partial charge is 0.430 e. The van der Waals surface area contributed by atoms with E-state index in [1.807, 2.05) is 0 Å². The van der Waals surface area contributed by atoms with Gasteiger partial charge in [0, 0.05) is 36.1 Å². The number of aromatic nitrogens is 2. The van der Waals surface area contributed by atoms with Crippen LogP contribution in [0.2, 0.25) is 0 Å². The Kier molecular flexibility index (Phi) is 4.22. The van der Waals surface area contributed by atoms with E-state index in [0.717, 1.165) is 18.7 Å². The third-order valence-electron chi connectivity index (χ3n) is 2.37. The Hall–Kier alpha value is -1.53. The van der Waals surface area contributed by atoms with Crippen molar-refractivity contribution in [1.29, 1.82) is 0 Å². The molecular weight excluding hydrogens is 253 g/mol. The zero-order chi connectivity index (χ0) is 13.0. The molecule has 18 heavy (non-hydrogen) atoms. The van der Waals surface area contributed by atoms with Gasteiger partial charge in [0.1, 0.15) is 17.4 Å². The Morgan fingerprint density at radius 2 is 2.28 bits per heavy atom. The van der Waals surface area contributed by atoms with E-state index in [9.17, 15) is 4.39 Å². The van der Waals surface area contributed by atoms with Gasteiger partial charge in [-0.1, -0.05) is 13.0 Å². The standard InChI is InChI=1S/C12H14FN3OS/c1-2-3-11-15-12(18-16-11)17-9-5-4-8(7-14)10(13)6-9/h4-6H,2-3,7,14H2,1H3. The van der Waals surface area contributed by atoms with E-state index >= 15 is 0 Å². The van der Waals surface area contributed by atoms with Gasteiger partial charge < -0.3 is 10.5 Å². The number of halogens is 1. The van der Waals surface area contributed by atoms with Crippen molar-refractivity contribution in [2.45, 2.75) is 26.3 Å². The minimum absolute atomic E-state index is 0.172. The normalized spacial score (nSPS) is 10.6. The summed E-state index contributed by atoms with van der Waals surface area (Å²) in [5, 5.41) is 0.429. The minimum Gasteiger partial charge on any atom is -0.430 e. The molecule has 96 valence electrons. The summed E-state index contributed by atoms with van der Waals surface area (Å²) in [5.41, 5.74) is 5.85. The maximum Gasteiger partial charge on any atom is 0.298 e. The van der Waals surface area contributed by atoms with E-state index in [2.05, 4.69) is 16.3 Å². The van der Waals surface area contributed by atoms with Crippen LogP contribution in [0.15, 0.2) is 18.2 Å². The Morgan fingerprint density at radius 3 is 2.94 bits per heavy atom. The summed E-state index contributed by atoms with van der Waals surface area (Å²) in [7, 11) is 0. The van der Waals surface area contributed by atoms with Gasteiger partial charge in [0.05, 0.1) is 0 Å². The second kappa shape index (κ2) is 5.88. The van der Waals surface area contributed by atoms with Crippen LogP contribution in [0.25, 0.3) is 0 Å². The highest BCUT2D eigenvalue weighted by Gasteiger charge is 2.07. The van der Waals surface area contributed by atoms with Gasteiger partial charge in [-0.25, -0.2) is 4.39 Å². The van der Waals surface area contributed by atoms with Crippen LogP contribution in [-0.2, 0) is 13.0 Å². The van der Waals surface area contributed by atoms with E-state index in [0.29, 0.717) is 16.5 Å². The Balaban J connectivity index is 2.10. The molecule has 0 saturated heterocycles. The summed E-state index contributed by atoms with van der Waals surface area (Å²) in [6, 6.07) is 4.59. The Morgan fingerprint density at radius 1 is 1.44 bits per heavy atom. The minimum atomic E-state index is -0.367. The molecule has 1 aromatic carbocycles. The van der Waals surface area contributed by atoms with Gasteiger partial charge in [0.25, 0.3) is 5.19 Å². The lowest BCUT2D eigenvalue weighted by Gasteiger charge is -2.03. The zero-order valence-electron chi connectivity index (χ0n) is 10.0. The molecule has 0 amide bonds. The van der Waals surface area contributed by atoms with E-state index in [1.165, 1.54) is 17.6 Å². The molecule has 1 heterocycles. The second-order valence-electron chi connectivity index (χ2n) is 3.79. The van der Waals surface area contributed by atoms with Gasteiger partial charge in [0.2, 0.25) is 0 Å². The van der Waals surface area contributed by atoms with Crippen LogP contribution < -0.4 is 10.5 Å². The first-order chi connectivity index (χ1) is 8.72. The molecule has 0 radical (unpaired) electrons. The number of nitrogens with two attached hydrogens (primary N) is 1. The average molecular weight is 267 g/mol. The smallest absolute Gasteiger partial charge is 0.298 e. The molecule has 0 aliphatic carbocycles. The number of rotatable bonds is 5. The van der Waals surface area contributed by atoms with Crippen molar-refractivity contribution in [3.8, 4) is 10.9 Å². The van der Waals surface area contributed by atoms with E-state index in [1.54, 1.807) is 12.1 Å². The lowest BCUT2D eigenvalue weighted by atomic mass is 10.2. The van der Waals surface area contributed by atoms with Gasteiger partial charge in [0.15, 0.2) is 0 Å². The lowest BCUT2D eigenvalue weighted by Crippen LogP contribution is -1.99. The van der Waals surface area contributed by atoms with Crippen LogP contribution in [-0.4, -0.2) is 9.36 Å². The number of benzene rings is 1. The van der Waals surface area contributed by atoms with Gasteiger partial charge >= 0.3 is 0 Å². The van der Waals surface area contributed by atoms with Crippen LogP contribution >= 0.6 is 11.5 Å². The molecule has 0 saturated carbocycles. The quantitative estimate of drug-likeness (QED) is 0.904. The predicted octanol–water partition coefficient (Wildman–Crippen LogP) is 2.88. The first-order valence-corrected chi connectivity index (χ1v) is 6.49. The Labute approximate surface area is 109 Å². The maximum absolute atomic E-state index is 13.5. The summed E-state index contributed by atoms with van der Waals surface area (Å²) in [6.07, 6.45) is 1.80. The van der Waals surface area contributed by atoms with Crippen molar-refractivity contribution >= 4 is 11.5 Å².